The Kier molecular flexibility index (Phi) is 5.71. The highest BCUT2D eigenvalue weighted by molar-refractivity contribution is 7.16. The van der Waals surface area contributed by atoms with Crippen molar-refractivity contribution in [2.45, 2.75) is 20.4 Å². The zero-order valence-corrected chi connectivity index (χ0v) is 16.2. The van der Waals surface area contributed by atoms with Gasteiger partial charge in [0.1, 0.15) is 5.75 Å². The second kappa shape index (κ2) is 8.18. The Balaban J connectivity index is 2.01. The minimum Gasteiger partial charge on any atom is -0.494 e. The Labute approximate surface area is 160 Å². The number of ether oxygens (including phenoxy) is 2. The lowest BCUT2D eigenvalue weighted by Crippen LogP contribution is -2.15. The van der Waals surface area contributed by atoms with Crippen LogP contribution in [0.5, 0.6) is 5.75 Å². The van der Waals surface area contributed by atoms with E-state index in [9.17, 15) is 9.59 Å². The Hall–Kier alpha value is -2.93. The highest BCUT2D eigenvalue weighted by atomic mass is 32.1. The van der Waals surface area contributed by atoms with Gasteiger partial charge >= 0.3 is 5.97 Å². The van der Waals surface area contributed by atoms with E-state index in [1.165, 1.54) is 18.4 Å². The normalized spacial score (nSPS) is 11.6. The van der Waals surface area contributed by atoms with Gasteiger partial charge in [0.05, 0.1) is 29.5 Å². The standard InChI is InChI=1S/C20H20N2O4S/c1-4-22-16-11-8-14(19(24)25-3)12-17(16)27-20(22)21-18(23)13-6-9-15(10-7-13)26-5-2/h6-12H,4-5H2,1-3H3. The maximum absolute atomic E-state index is 12.6. The van der Waals surface area contributed by atoms with Crippen molar-refractivity contribution in [3.05, 3.63) is 58.4 Å². The van der Waals surface area contributed by atoms with Crippen LogP contribution < -0.4 is 9.54 Å². The summed E-state index contributed by atoms with van der Waals surface area (Å²) >= 11 is 1.37. The smallest absolute Gasteiger partial charge is 0.337 e. The fraction of sp³-hybridized carbons (Fsp3) is 0.250. The van der Waals surface area contributed by atoms with Gasteiger partial charge in [-0.25, -0.2) is 4.79 Å². The van der Waals surface area contributed by atoms with Crippen LogP contribution in [0.15, 0.2) is 47.5 Å². The summed E-state index contributed by atoms with van der Waals surface area (Å²) in [6.07, 6.45) is 0. The number of hydrogen-bond donors (Lipinski definition) is 0. The number of aromatic nitrogens is 1. The molecule has 0 atom stereocenters. The number of rotatable bonds is 5. The van der Waals surface area contributed by atoms with Crippen LogP contribution in [-0.2, 0) is 11.3 Å². The molecule has 0 unspecified atom stereocenters. The molecule has 0 radical (unpaired) electrons. The molecule has 3 rings (SSSR count). The average Bonchev–Trinajstić information content (AvgIpc) is 3.04. The molecule has 0 N–H and O–H groups in total. The van der Waals surface area contributed by atoms with E-state index >= 15 is 0 Å². The summed E-state index contributed by atoms with van der Waals surface area (Å²) in [6, 6.07) is 12.2. The van der Waals surface area contributed by atoms with Crippen LogP contribution in [0.4, 0.5) is 0 Å². The summed E-state index contributed by atoms with van der Waals surface area (Å²) in [5, 5.41) is 0. The van der Waals surface area contributed by atoms with Crippen molar-refractivity contribution in [1.82, 2.24) is 4.57 Å². The van der Waals surface area contributed by atoms with Crippen LogP contribution in [0.25, 0.3) is 10.2 Å². The lowest BCUT2D eigenvalue weighted by Gasteiger charge is -2.03. The third kappa shape index (κ3) is 3.93. The summed E-state index contributed by atoms with van der Waals surface area (Å²) in [6.45, 7) is 5.13. The molecule has 0 aliphatic rings. The third-order valence-electron chi connectivity index (χ3n) is 4.03. The summed E-state index contributed by atoms with van der Waals surface area (Å²) < 4.78 is 13.0. The lowest BCUT2D eigenvalue weighted by molar-refractivity contribution is 0.0601. The maximum atomic E-state index is 12.6. The zero-order valence-electron chi connectivity index (χ0n) is 15.4. The first-order chi connectivity index (χ1) is 13.1. The number of carbonyl (C=O) groups is 2. The van der Waals surface area contributed by atoms with Gasteiger partial charge in [-0.1, -0.05) is 11.3 Å². The number of methoxy groups -OCH3 is 1. The van der Waals surface area contributed by atoms with Crippen LogP contribution in [-0.4, -0.2) is 30.2 Å². The Bertz CT molecular complexity index is 1050. The first kappa shape index (κ1) is 18.8. The number of amides is 1. The quantitative estimate of drug-likeness (QED) is 0.630. The van der Waals surface area contributed by atoms with Gasteiger partial charge in [-0.2, -0.15) is 4.99 Å². The number of fused-ring (bicyclic) bond motifs is 1. The second-order valence-electron chi connectivity index (χ2n) is 5.68. The van der Waals surface area contributed by atoms with Gasteiger partial charge in [0, 0.05) is 12.1 Å². The minimum atomic E-state index is -0.391. The summed E-state index contributed by atoms with van der Waals surface area (Å²) in [7, 11) is 1.35. The number of esters is 1. The van der Waals surface area contributed by atoms with E-state index in [4.69, 9.17) is 9.47 Å². The molecule has 0 fully saturated rings. The molecule has 1 heterocycles. The predicted octanol–water partition coefficient (Wildman–Crippen LogP) is 3.65. The molecular weight excluding hydrogens is 364 g/mol. The number of hydrogen-bond acceptors (Lipinski definition) is 5. The molecule has 1 aromatic heterocycles. The van der Waals surface area contributed by atoms with Gasteiger partial charge in [0.25, 0.3) is 5.91 Å². The molecule has 0 saturated heterocycles. The van der Waals surface area contributed by atoms with E-state index in [-0.39, 0.29) is 5.91 Å². The summed E-state index contributed by atoms with van der Waals surface area (Å²) in [5.41, 5.74) is 1.89. The molecular formula is C20H20N2O4S. The highest BCUT2D eigenvalue weighted by Crippen LogP contribution is 2.20. The van der Waals surface area contributed by atoms with Gasteiger partial charge in [-0.15, -0.1) is 0 Å². The van der Waals surface area contributed by atoms with Gasteiger partial charge in [-0.05, 0) is 56.3 Å². The van der Waals surface area contributed by atoms with Crippen molar-refractivity contribution in [1.29, 1.82) is 0 Å². The monoisotopic (exact) mass is 384 g/mol. The molecule has 0 saturated carbocycles. The molecule has 27 heavy (non-hydrogen) atoms. The topological polar surface area (TPSA) is 69.9 Å². The van der Waals surface area contributed by atoms with Crippen LogP contribution in [0, 0.1) is 0 Å². The fourth-order valence-electron chi connectivity index (χ4n) is 2.72. The van der Waals surface area contributed by atoms with E-state index in [1.807, 2.05) is 24.5 Å². The van der Waals surface area contributed by atoms with Crippen molar-refractivity contribution < 1.29 is 19.1 Å². The largest absolute Gasteiger partial charge is 0.494 e. The number of benzene rings is 2. The molecule has 0 aliphatic carbocycles. The predicted molar refractivity (Wildman–Crippen MR) is 104 cm³/mol. The Morgan fingerprint density at radius 2 is 1.78 bits per heavy atom. The van der Waals surface area contributed by atoms with Crippen LogP contribution >= 0.6 is 11.3 Å². The van der Waals surface area contributed by atoms with Gasteiger partial charge in [0.15, 0.2) is 4.80 Å². The molecule has 0 aliphatic heterocycles. The first-order valence-electron chi connectivity index (χ1n) is 8.61. The average molecular weight is 384 g/mol. The number of aryl methyl sites for hydroxylation is 1. The SMILES string of the molecule is CCOc1ccc(C(=O)N=c2sc3cc(C(=O)OC)ccc3n2CC)cc1. The van der Waals surface area contributed by atoms with Crippen molar-refractivity contribution in [3.63, 3.8) is 0 Å². The van der Waals surface area contributed by atoms with Crippen LogP contribution in [0.1, 0.15) is 34.6 Å². The van der Waals surface area contributed by atoms with Crippen LogP contribution in [0.2, 0.25) is 0 Å². The molecule has 0 spiro atoms. The van der Waals surface area contributed by atoms with Crippen molar-refractivity contribution >= 4 is 33.4 Å². The van der Waals surface area contributed by atoms with Gasteiger partial charge < -0.3 is 14.0 Å². The molecule has 6 nitrogen and oxygen atoms in total. The van der Waals surface area contributed by atoms with E-state index in [0.29, 0.717) is 29.1 Å². The van der Waals surface area contributed by atoms with Gasteiger partial charge in [-0.3, -0.25) is 4.79 Å². The van der Waals surface area contributed by atoms with Crippen molar-refractivity contribution in [3.8, 4) is 5.75 Å². The van der Waals surface area contributed by atoms with E-state index < -0.39 is 5.97 Å². The maximum Gasteiger partial charge on any atom is 0.337 e. The van der Waals surface area contributed by atoms with E-state index in [2.05, 4.69) is 4.99 Å². The molecule has 2 aromatic carbocycles. The van der Waals surface area contributed by atoms with Crippen LogP contribution in [0.3, 0.4) is 0 Å². The molecule has 140 valence electrons. The highest BCUT2D eigenvalue weighted by Gasteiger charge is 2.12. The lowest BCUT2D eigenvalue weighted by atomic mass is 10.2. The molecule has 3 aromatic rings. The van der Waals surface area contributed by atoms with Crippen molar-refractivity contribution in [2.24, 2.45) is 4.99 Å². The Morgan fingerprint density at radius 3 is 2.41 bits per heavy atom. The summed E-state index contributed by atoms with van der Waals surface area (Å²) in [4.78, 5) is 29.2. The first-order valence-corrected chi connectivity index (χ1v) is 9.42. The molecule has 1 amide bonds. The number of thiazole rings is 1. The van der Waals surface area contributed by atoms with E-state index in [0.717, 1.165) is 16.0 Å². The molecule has 7 heteroatoms. The molecule has 0 bridgehead atoms. The minimum absolute atomic E-state index is 0.319. The van der Waals surface area contributed by atoms with E-state index in [1.54, 1.807) is 36.4 Å². The fourth-order valence-corrected chi connectivity index (χ4v) is 3.85. The number of carbonyl (C=O) groups excluding carboxylic acids is 2. The zero-order chi connectivity index (χ0) is 19.4. The van der Waals surface area contributed by atoms with Gasteiger partial charge in [0.2, 0.25) is 0 Å². The Morgan fingerprint density at radius 1 is 1.07 bits per heavy atom. The summed E-state index contributed by atoms with van der Waals surface area (Å²) in [5.74, 6) is 0.00664. The third-order valence-corrected chi connectivity index (χ3v) is 5.07. The second-order valence-corrected chi connectivity index (χ2v) is 6.69. The number of nitrogens with zero attached hydrogens (tertiary/aromatic N) is 2. The van der Waals surface area contributed by atoms with Crippen molar-refractivity contribution in [2.75, 3.05) is 13.7 Å².